The topological polar surface area (TPSA) is 76.5 Å². The summed E-state index contributed by atoms with van der Waals surface area (Å²) < 4.78 is 5.93. The van der Waals surface area contributed by atoms with E-state index in [1.165, 1.54) is 0 Å². The van der Waals surface area contributed by atoms with Crippen LogP contribution in [0.5, 0.6) is 11.8 Å². The lowest BCUT2D eigenvalue weighted by Crippen LogP contribution is -2.11. The van der Waals surface area contributed by atoms with E-state index in [0.717, 1.165) is 16.8 Å². The van der Waals surface area contributed by atoms with Gasteiger partial charge >= 0.3 is 6.01 Å². The second-order valence-corrected chi connectivity index (χ2v) is 6.50. The first-order valence-electron chi connectivity index (χ1n) is 9.75. The van der Waals surface area contributed by atoms with Crippen LogP contribution in [0.1, 0.15) is 36.9 Å². The van der Waals surface area contributed by atoms with E-state index in [0.29, 0.717) is 23.5 Å². The number of anilines is 1. The maximum Gasteiger partial charge on any atom is 0.322 e. The van der Waals surface area contributed by atoms with E-state index in [2.05, 4.69) is 20.3 Å². The molecule has 3 aromatic rings. The van der Waals surface area contributed by atoms with Crippen LogP contribution >= 0.6 is 0 Å². The quantitative estimate of drug-likeness (QED) is 0.524. The van der Waals surface area contributed by atoms with Gasteiger partial charge in [-0.2, -0.15) is 4.98 Å². The predicted octanol–water partition coefficient (Wildman–Crippen LogP) is 5.57. The Bertz CT molecular complexity index is 1080. The fourth-order valence-electron chi connectivity index (χ4n) is 2.71. The summed E-state index contributed by atoms with van der Waals surface area (Å²) in [6.45, 7) is 6.53. The number of nitrogens with zero attached hydrogens (tertiary/aromatic N) is 3. The maximum absolute atomic E-state index is 12.4. The van der Waals surface area contributed by atoms with Crippen LogP contribution in [0.3, 0.4) is 0 Å². The smallest absolute Gasteiger partial charge is 0.322 e. The Labute approximate surface area is 177 Å². The second-order valence-electron chi connectivity index (χ2n) is 6.50. The van der Waals surface area contributed by atoms with E-state index in [9.17, 15) is 4.79 Å². The van der Waals surface area contributed by atoms with Gasteiger partial charge in [-0.3, -0.25) is 9.79 Å². The average molecular weight is 402 g/mol. The first kappa shape index (κ1) is 20.9. The Morgan fingerprint density at radius 3 is 2.73 bits per heavy atom. The highest BCUT2D eigenvalue weighted by molar-refractivity contribution is 6.08. The molecule has 1 N–H and O–H groups in total. The van der Waals surface area contributed by atoms with E-state index in [1.54, 1.807) is 30.6 Å². The van der Waals surface area contributed by atoms with Gasteiger partial charge in [-0.15, -0.1) is 0 Å². The van der Waals surface area contributed by atoms with Gasteiger partial charge in [0.1, 0.15) is 5.75 Å². The van der Waals surface area contributed by atoms with Crippen LogP contribution in [0.2, 0.25) is 0 Å². The number of amides is 1. The number of benzene rings is 2. The van der Waals surface area contributed by atoms with Crippen LogP contribution < -0.4 is 10.1 Å². The molecule has 2 aromatic carbocycles. The minimum Gasteiger partial charge on any atom is -0.424 e. The van der Waals surface area contributed by atoms with E-state index in [4.69, 9.17) is 4.74 Å². The molecular weight excluding hydrogens is 376 g/mol. The molecule has 0 bridgehead atoms. The molecule has 1 amide bonds. The molecule has 0 aliphatic heterocycles. The molecule has 0 unspecified atom stereocenters. The average Bonchev–Trinajstić information content (AvgIpc) is 2.77. The van der Waals surface area contributed by atoms with E-state index in [1.807, 2.05) is 63.2 Å². The predicted molar refractivity (Wildman–Crippen MR) is 122 cm³/mol. The highest BCUT2D eigenvalue weighted by Gasteiger charge is 2.10. The van der Waals surface area contributed by atoms with Crippen molar-refractivity contribution in [1.82, 2.24) is 9.97 Å². The van der Waals surface area contributed by atoms with Crippen molar-refractivity contribution in [2.24, 2.45) is 4.99 Å². The number of aliphatic imine (C=N–C) groups is 1. The van der Waals surface area contributed by atoms with Gasteiger partial charge in [-0.05, 0) is 50.6 Å². The van der Waals surface area contributed by atoms with Crippen molar-refractivity contribution >= 4 is 23.4 Å². The summed E-state index contributed by atoms with van der Waals surface area (Å²) in [7, 11) is 0. The number of carbonyl (C=O) groups is 1. The van der Waals surface area contributed by atoms with Gasteiger partial charge in [-0.25, -0.2) is 4.98 Å². The zero-order valence-electron chi connectivity index (χ0n) is 17.3. The lowest BCUT2D eigenvalue weighted by molar-refractivity contribution is 0.102. The van der Waals surface area contributed by atoms with E-state index >= 15 is 0 Å². The Kier molecular flexibility index (Phi) is 7.05. The molecular formula is C24H26N4O2. The number of aromatic nitrogens is 2. The maximum atomic E-state index is 12.4. The SMILES string of the molecule is C/C=C(\C=NCC)c1ccnc(Oc2cc(NC(=O)c3ccccc3)ccc2C)n1.[HH]. The molecule has 3 rings (SSSR count). The Morgan fingerprint density at radius 2 is 2.00 bits per heavy atom. The molecule has 0 aliphatic rings. The second kappa shape index (κ2) is 10.1. The number of ether oxygens (including phenoxy) is 1. The highest BCUT2D eigenvalue weighted by atomic mass is 16.5. The van der Waals surface area contributed by atoms with Gasteiger partial charge in [0, 0.05) is 43.3 Å². The van der Waals surface area contributed by atoms with Crippen LogP contribution in [0.25, 0.3) is 5.57 Å². The third kappa shape index (κ3) is 5.38. The lowest BCUT2D eigenvalue weighted by atomic mass is 10.2. The zero-order valence-corrected chi connectivity index (χ0v) is 17.3. The molecule has 0 radical (unpaired) electrons. The van der Waals surface area contributed by atoms with Crippen molar-refractivity contribution in [3.8, 4) is 11.8 Å². The number of hydrogen-bond acceptors (Lipinski definition) is 5. The zero-order chi connectivity index (χ0) is 21.3. The molecule has 6 heteroatoms. The van der Waals surface area contributed by atoms with E-state index < -0.39 is 0 Å². The van der Waals surface area contributed by atoms with Gasteiger partial charge < -0.3 is 10.1 Å². The Morgan fingerprint density at radius 1 is 1.20 bits per heavy atom. The number of aryl methyl sites for hydroxylation is 1. The van der Waals surface area contributed by atoms with Crippen LogP contribution in [0.15, 0.2) is 71.9 Å². The molecule has 0 atom stereocenters. The molecule has 0 saturated heterocycles. The van der Waals surface area contributed by atoms with Crippen LogP contribution in [0, 0.1) is 6.92 Å². The minimum absolute atomic E-state index is 0. The van der Waals surface area contributed by atoms with Crippen molar-refractivity contribution in [1.29, 1.82) is 0 Å². The standard InChI is InChI=1S/C24H24N4O2.H2/c1-4-18(16-25-5-2)21-13-14-26-24(28-21)30-22-15-20(12-11-17(22)3)27-23(29)19-9-7-6-8-10-19;/h4,6-16H,5H2,1-3H3,(H,27,29);1H/b18-4+,25-16?;. The normalized spacial score (nSPS) is 11.5. The molecule has 0 aliphatic carbocycles. The number of allylic oxidation sites excluding steroid dienone is 2. The molecule has 0 saturated carbocycles. The van der Waals surface area contributed by atoms with Gasteiger partial charge in [0.15, 0.2) is 0 Å². The minimum atomic E-state index is -0.184. The van der Waals surface area contributed by atoms with Crippen LogP contribution in [-0.2, 0) is 0 Å². The molecule has 0 fully saturated rings. The van der Waals surface area contributed by atoms with Crippen LogP contribution in [0.4, 0.5) is 5.69 Å². The van der Waals surface area contributed by atoms with E-state index in [-0.39, 0.29) is 13.3 Å². The molecule has 154 valence electrons. The van der Waals surface area contributed by atoms with Gasteiger partial charge in [-0.1, -0.05) is 30.3 Å². The largest absolute Gasteiger partial charge is 0.424 e. The first-order valence-corrected chi connectivity index (χ1v) is 9.75. The van der Waals surface area contributed by atoms with Crippen molar-refractivity contribution in [3.63, 3.8) is 0 Å². The fraction of sp³-hybridized carbons (Fsp3) is 0.167. The monoisotopic (exact) mass is 402 g/mol. The van der Waals surface area contributed by atoms with Gasteiger partial charge in [0.2, 0.25) is 0 Å². The van der Waals surface area contributed by atoms with Crippen LogP contribution in [-0.4, -0.2) is 28.6 Å². The molecule has 0 spiro atoms. The third-order valence-corrected chi connectivity index (χ3v) is 4.34. The summed E-state index contributed by atoms with van der Waals surface area (Å²) in [5, 5.41) is 2.89. The molecule has 6 nitrogen and oxygen atoms in total. The fourth-order valence-corrected chi connectivity index (χ4v) is 2.71. The van der Waals surface area contributed by atoms with Crippen molar-refractivity contribution in [3.05, 3.63) is 83.7 Å². The Hall–Kier alpha value is -3.80. The van der Waals surface area contributed by atoms with Crippen molar-refractivity contribution in [2.45, 2.75) is 20.8 Å². The van der Waals surface area contributed by atoms with Gasteiger partial charge in [0.25, 0.3) is 5.91 Å². The molecule has 1 aromatic heterocycles. The summed E-state index contributed by atoms with van der Waals surface area (Å²) in [4.78, 5) is 25.4. The molecule has 30 heavy (non-hydrogen) atoms. The summed E-state index contributed by atoms with van der Waals surface area (Å²) in [5.41, 5.74) is 3.74. The molecule has 1 heterocycles. The number of nitrogens with one attached hydrogen (secondary N) is 1. The van der Waals surface area contributed by atoms with Gasteiger partial charge in [0.05, 0.1) is 5.69 Å². The third-order valence-electron chi connectivity index (χ3n) is 4.34. The summed E-state index contributed by atoms with van der Waals surface area (Å²) in [5.74, 6) is 0.388. The lowest BCUT2D eigenvalue weighted by Gasteiger charge is -2.11. The summed E-state index contributed by atoms with van der Waals surface area (Å²) in [6.07, 6.45) is 5.38. The highest BCUT2D eigenvalue weighted by Crippen LogP contribution is 2.27. The van der Waals surface area contributed by atoms with Crippen molar-refractivity contribution < 1.29 is 11.0 Å². The first-order chi connectivity index (χ1) is 14.6. The number of rotatable bonds is 7. The Balaban J connectivity index is 0.00000341. The van der Waals surface area contributed by atoms with Crippen molar-refractivity contribution in [2.75, 3.05) is 11.9 Å². The summed E-state index contributed by atoms with van der Waals surface area (Å²) in [6, 6.07) is 16.6. The summed E-state index contributed by atoms with van der Waals surface area (Å²) >= 11 is 0. The number of hydrogen-bond donors (Lipinski definition) is 1. The number of carbonyl (C=O) groups excluding carboxylic acids is 1.